The van der Waals surface area contributed by atoms with Gasteiger partial charge in [-0.2, -0.15) is 0 Å². The standard InChI is InChI=1S/C9H17N3O3/c1-11-6(7(13)8(10)14)4-5-2-3-12-9(5)15/h5-7,11,13H,2-4H2,1H3,(H2,10,14)(H,12,15). The van der Waals surface area contributed by atoms with E-state index >= 15 is 0 Å². The maximum Gasteiger partial charge on any atom is 0.247 e. The van der Waals surface area contributed by atoms with Crippen molar-refractivity contribution >= 4 is 11.8 Å². The molecule has 1 aliphatic rings. The van der Waals surface area contributed by atoms with E-state index in [2.05, 4.69) is 10.6 Å². The lowest BCUT2D eigenvalue weighted by molar-refractivity contribution is -0.129. The highest BCUT2D eigenvalue weighted by atomic mass is 16.3. The zero-order valence-corrected chi connectivity index (χ0v) is 8.69. The number of aliphatic hydroxyl groups excluding tert-OH is 1. The Bertz CT molecular complexity index is 257. The summed E-state index contributed by atoms with van der Waals surface area (Å²) in [4.78, 5) is 22.1. The van der Waals surface area contributed by atoms with Crippen molar-refractivity contribution in [1.29, 1.82) is 0 Å². The molecular weight excluding hydrogens is 198 g/mol. The third-order valence-corrected chi connectivity index (χ3v) is 2.74. The molecule has 1 rings (SSSR count). The molecule has 0 radical (unpaired) electrons. The van der Waals surface area contributed by atoms with Crippen molar-refractivity contribution in [2.75, 3.05) is 13.6 Å². The molecule has 0 spiro atoms. The van der Waals surface area contributed by atoms with Gasteiger partial charge in [-0.1, -0.05) is 0 Å². The second-order valence-corrected chi connectivity index (χ2v) is 3.75. The number of nitrogens with two attached hydrogens (primary N) is 1. The van der Waals surface area contributed by atoms with Crippen LogP contribution in [-0.4, -0.2) is 42.7 Å². The molecule has 6 heteroatoms. The van der Waals surface area contributed by atoms with Crippen LogP contribution in [0.2, 0.25) is 0 Å². The van der Waals surface area contributed by atoms with Crippen molar-refractivity contribution < 1.29 is 14.7 Å². The summed E-state index contributed by atoms with van der Waals surface area (Å²) < 4.78 is 0. The number of amides is 2. The van der Waals surface area contributed by atoms with Crippen LogP contribution in [0.15, 0.2) is 0 Å². The van der Waals surface area contributed by atoms with Gasteiger partial charge in [0.2, 0.25) is 11.8 Å². The van der Waals surface area contributed by atoms with Crippen molar-refractivity contribution in [3.8, 4) is 0 Å². The number of hydrogen-bond acceptors (Lipinski definition) is 4. The first-order chi connectivity index (χ1) is 7.06. The Morgan fingerprint density at radius 3 is 2.87 bits per heavy atom. The third-order valence-electron chi connectivity index (χ3n) is 2.74. The second-order valence-electron chi connectivity index (χ2n) is 3.75. The monoisotopic (exact) mass is 215 g/mol. The lowest BCUT2D eigenvalue weighted by Crippen LogP contribution is -2.47. The highest BCUT2D eigenvalue weighted by Crippen LogP contribution is 2.17. The lowest BCUT2D eigenvalue weighted by Gasteiger charge is -2.21. The first-order valence-electron chi connectivity index (χ1n) is 4.98. The van der Waals surface area contributed by atoms with E-state index in [-0.39, 0.29) is 11.8 Å². The molecule has 1 saturated heterocycles. The van der Waals surface area contributed by atoms with Gasteiger partial charge < -0.3 is 21.5 Å². The van der Waals surface area contributed by atoms with Crippen LogP contribution in [0.1, 0.15) is 12.8 Å². The largest absolute Gasteiger partial charge is 0.382 e. The van der Waals surface area contributed by atoms with Crippen molar-refractivity contribution in [3.05, 3.63) is 0 Å². The van der Waals surface area contributed by atoms with E-state index in [1.165, 1.54) is 0 Å². The van der Waals surface area contributed by atoms with Crippen LogP contribution in [0.25, 0.3) is 0 Å². The summed E-state index contributed by atoms with van der Waals surface area (Å²) in [6, 6.07) is -0.462. The van der Waals surface area contributed by atoms with Crippen molar-refractivity contribution in [2.45, 2.75) is 25.0 Å². The Labute approximate surface area is 88.2 Å². The summed E-state index contributed by atoms with van der Waals surface area (Å²) in [7, 11) is 1.63. The number of carbonyl (C=O) groups is 2. The number of hydrogen-bond donors (Lipinski definition) is 4. The second kappa shape index (κ2) is 5.09. The van der Waals surface area contributed by atoms with Crippen molar-refractivity contribution in [3.63, 3.8) is 0 Å². The molecule has 0 saturated carbocycles. The number of primary amides is 1. The summed E-state index contributed by atoms with van der Waals surface area (Å²) >= 11 is 0. The van der Waals surface area contributed by atoms with Crippen LogP contribution in [0, 0.1) is 5.92 Å². The predicted molar refractivity (Wildman–Crippen MR) is 53.8 cm³/mol. The molecule has 0 aromatic rings. The average Bonchev–Trinajstić information content (AvgIpc) is 2.59. The van der Waals surface area contributed by atoms with Crippen LogP contribution in [-0.2, 0) is 9.59 Å². The summed E-state index contributed by atoms with van der Waals surface area (Å²) in [5, 5.41) is 15.0. The van der Waals surface area contributed by atoms with Gasteiger partial charge in [0, 0.05) is 18.5 Å². The summed E-state index contributed by atoms with van der Waals surface area (Å²) in [6.07, 6.45) is -0.0852. The van der Waals surface area contributed by atoms with Gasteiger partial charge in [0.25, 0.3) is 0 Å². The number of carbonyl (C=O) groups excluding carboxylic acids is 2. The summed E-state index contributed by atoms with van der Waals surface area (Å²) in [5.74, 6) is -0.934. The quantitative estimate of drug-likeness (QED) is 0.423. The van der Waals surface area contributed by atoms with Gasteiger partial charge in [-0.15, -0.1) is 0 Å². The van der Waals surface area contributed by atoms with Crippen LogP contribution in [0.4, 0.5) is 0 Å². The van der Waals surface area contributed by atoms with E-state index in [0.717, 1.165) is 6.42 Å². The minimum Gasteiger partial charge on any atom is -0.382 e. The van der Waals surface area contributed by atoms with E-state index in [9.17, 15) is 14.7 Å². The van der Waals surface area contributed by atoms with Gasteiger partial charge in [-0.25, -0.2) is 0 Å². The molecule has 1 heterocycles. The van der Waals surface area contributed by atoms with E-state index in [1.807, 2.05) is 0 Å². The fraction of sp³-hybridized carbons (Fsp3) is 0.778. The van der Waals surface area contributed by atoms with E-state index in [0.29, 0.717) is 13.0 Å². The Hall–Kier alpha value is -1.14. The van der Waals surface area contributed by atoms with Gasteiger partial charge in [0.05, 0.1) is 0 Å². The summed E-state index contributed by atoms with van der Waals surface area (Å²) in [5.41, 5.74) is 4.99. The Balaban J connectivity index is 2.52. The Morgan fingerprint density at radius 1 is 1.80 bits per heavy atom. The molecule has 2 amide bonds. The minimum atomic E-state index is -1.25. The molecule has 3 atom stereocenters. The molecule has 0 bridgehead atoms. The number of nitrogens with one attached hydrogen (secondary N) is 2. The molecule has 0 aromatic heterocycles. The number of rotatable bonds is 5. The first-order valence-corrected chi connectivity index (χ1v) is 4.98. The van der Waals surface area contributed by atoms with Gasteiger partial charge in [0.1, 0.15) is 6.10 Å². The zero-order valence-electron chi connectivity index (χ0n) is 8.69. The Kier molecular flexibility index (Phi) is 4.05. The predicted octanol–water partition coefficient (Wildman–Crippen LogP) is -2.05. The molecule has 5 N–H and O–H groups in total. The Morgan fingerprint density at radius 2 is 2.47 bits per heavy atom. The summed E-state index contributed by atoms with van der Waals surface area (Å²) in [6.45, 7) is 0.659. The molecule has 3 unspecified atom stereocenters. The topological polar surface area (TPSA) is 104 Å². The van der Waals surface area contributed by atoms with Gasteiger partial charge in [0.15, 0.2) is 0 Å². The fourth-order valence-corrected chi connectivity index (χ4v) is 1.78. The third kappa shape index (κ3) is 2.90. The number of likely N-dealkylation sites (N-methyl/N-ethyl adjacent to an activating group) is 1. The van der Waals surface area contributed by atoms with E-state index in [4.69, 9.17) is 5.73 Å². The fourth-order valence-electron chi connectivity index (χ4n) is 1.78. The lowest BCUT2D eigenvalue weighted by atomic mass is 9.95. The van der Waals surface area contributed by atoms with E-state index in [1.54, 1.807) is 7.05 Å². The maximum absolute atomic E-state index is 11.3. The highest BCUT2D eigenvalue weighted by Gasteiger charge is 2.31. The average molecular weight is 215 g/mol. The molecule has 86 valence electrons. The van der Waals surface area contributed by atoms with Gasteiger partial charge in [-0.3, -0.25) is 9.59 Å². The highest BCUT2D eigenvalue weighted by molar-refractivity contribution is 5.81. The molecule has 1 fully saturated rings. The molecule has 0 aromatic carbocycles. The zero-order chi connectivity index (χ0) is 11.4. The molecule has 15 heavy (non-hydrogen) atoms. The SMILES string of the molecule is CNC(CC1CCNC1=O)C(O)C(N)=O. The molecule has 6 nitrogen and oxygen atoms in total. The first kappa shape index (κ1) is 11.9. The van der Waals surface area contributed by atoms with E-state index < -0.39 is 18.1 Å². The van der Waals surface area contributed by atoms with Crippen LogP contribution >= 0.6 is 0 Å². The molecule has 1 aliphatic heterocycles. The molecular formula is C9H17N3O3. The van der Waals surface area contributed by atoms with Crippen LogP contribution in [0.5, 0.6) is 0 Å². The van der Waals surface area contributed by atoms with Gasteiger partial charge in [-0.05, 0) is 19.9 Å². The minimum absolute atomic E-state index is 0.0214. The maximum atomic E-state index is 11.3. The van der Waals surface area contributed by atoms with Crippen LogP contribution < -0.4 is 16.4 Å². The smallest absolute Gasteiger partial charge is 0.247 e. The number of aliphatic hydroxyl groups is 1. The van der Waals surface area contributed by atoms with Crippen molar-refractivity contribution in [1.82, 2.24) is 10.6 Å². The van der Waals surface area contributed by atoms with Crippen molar-refractivity contribution in [2.24, 2.45) is 11.7 Å². The van der Waals surface area contributed by atoms with Crippen LogP contribution in [0.3, 0.4) is 0 Å². The van der Waals surface area contributed by atoms with Gasteiger partial charge >= 0.3 is 0 Å². The molecule has 0 aliphatic carbocycles. The normalized spacial score (nSPS) is 24.7.